The van der Waals surface area contributed by atoms with Crippen LogP contribution in [0.2, 0.25) is 0 Å². The van der Waals surface area contributed by atoms with Gasteiger partial charge in [0.1, 0.15) is 0 Å². The van der Waals surface area contributed by atoms with Gasteiger partial charge in [0.2, 0.25) is 0 Å². The molecule has 0 N–H and O–H groups in total. The maximum atomic E-state index is 11.9. The van der Waals surface area contributed by atoms with E-state index in [9.17, 15) is 4.79 Å². The van der Waals surface area contributed by atoms with Crippen molar-refractivity contribution in [3.63, 3.8) is 0 Å². The predicted molar refractivity (Wildman–Crippen MR) is 84.8 cm³/mol. The summed E-state index contributed by atoms with van der Waals surface area (Å²) in [4.78, 5) is 11.9. The minimum absolute atomic E-state index is 0.00930. The summed E-state index contributed by atoms with van der Waals surface area (Å²) in [5.74, 6) is -0.338. The molecule has 1 aromatic carbocycles. The van der Waals surface area contributed by atoms with E-state index in [-0.39, 0.29) is 11.4 Å². The summed E-state index contributed by atoms with van der Waals surface area (Å²) >= 11 is 0. The summed E-state index contributed by atoms with van der Waals surface area (Å²) < 4.78 is 16.5. The molecule has 0 unspecified atom stereocenters. The largest absolute Gasteiger partial charge is 0.494 e. The van der Waals surface area contributed by atoms with Crippen molar-refractivity contribution >= 4 is 18.6 Å². The second-order valence-corrected chi connectivity index (χ2v) is 5.43. The molecule has 0 bridgehead atoms. The number of carbonyl (C=O) groups excluding carboxylic acids is 1. The van der Waals surface area contributed by atoms with Gasteiger partial charge in [0.15, 0.2) is 0 Å². The quantitative estimate of drug-likeness (QED) is 0.634. The molecule has 1 fully saturated rings. The van der Waals surface area contributed by atoms with Crippen molar-refractivity contribution in [2.24, 2.45) is 5.41 Å². The highest BCUT2D eigenvalue weighted by molar-refractivity contribution is 6.63. The van der Waals surface area contributed by atoms with E-state index in [0.29, 0.717) is 25.4 Å². The van der Waals surface area contributed by atoms with Gasteiger partial charge in [0.05, 0.1) is 12.2 Å². The van der Waals surface area contributed by atoms with Crippen molar-refractivity contribution in [1.29, 1.82) is 0 Å². The van der Waals surface area contributed by atoms with Gasteiger partial charge in [-0.2, -0.15) is 0 Å². The van der Waals surface area contributed by atoms with E-state index in [1.165, 1.54) is 0 Å². The first kappa shape index (κ1) is 17.7. The molecule has 0 radical (unpaired) electrons. The maximum Gasteiger partial charge on any atom is 0.494 e. The molecular weight excluding hydrogens is 267 g/mol. The smallest absolute Gasteiger partial charge is 0.462 e. The minimum Gasteiger partial charge on any atom is -0.462 e. The molecule has 0 aromatic heterocycles. The van der Waals surface area contributed by atoms with Crippen LogP contribution >= 0.6 is 0 Å². The Morgan fingerprint density at radius 1 is 1.24 bits per heavy atom. The van der Waals surface area contributed by atoms with Gasteiger partial charge in [0, 0.05) is 18.6 Å². The third-order valence-corrected chi connectivity index (χ3v) is 2.96. The summed E-state index contributed by atoms with van der Waals surface area (Å²) in [5.41, 5.74) is 1.25. The Morgan fingerprint density at radius 3 is 2.38 bits per heavy atom. The minimum atomic E-state index is -0.492. The SMILES string of the molecule is CC.CCOC(=O)c1ccccc1B1OCC(C)(C)CO1. The Labute approximate surface area is 127 Å². The normalized spacial score (nSPS) is 16.7. The topological polar surface area (TPSA) is 44.8 Å². The first-order chi connectivity index (χ1) is 10.0. The van der Waals surface area contributed by atoms with E-state index in [4.69, 9.17) is 14.0 Å². The van der Waals surface area contributed by atoms with Crippen molar-refractivity contribution in [3.8, 4) is 0 Å². The van der Waals surface area contributed by atoms with E-state index >= 15 is 0 Å². The maximum absolute atomic E-state index is 11.9. The molecule has 0 spiro atoms. The molecule has 4 nitrogen and oxygen atoms in total. The lowest BCUT2D eigenvalue weighted by Crippen LogP contribution is -2.49. The van der Waals surface area contributed by atoms with Gasteiger partial charge in [-0.15, -0.1) is 0 Å². The second kappa shape index (κ2) is 8.20. The van der Waals surface area contributed by atoms with Gasteiger partial charge < -0.3 is 14.0 Å². The average molecular weight is 292 g/mol. The first-order valence-electron chi connectivity index (χ1n) is 7.53. The highest BCUT2D eigenvalue weighted by atomic mass is 16.6. The van der Waals surface area contributed by atoms with Crippen LogP contribution in [-0.4, -0.2) is 32.9 Å². The monoisotopic (exact) mass is 292 g/mol. The fourth-order valence-corrected chi connectivity index (χ4v) is 1.97. The molecule has 5 heteroatoms. The molecule has 0 atom stereocenters. The molecule has 0 aliphatic carbocycles. The number of ether oxygens (including phenoxy) is 1. The third-order valence-electron chi connectivity index (χ3n) is 2.96. The Hall–Kier alpha value is -1.33. The van der Waals surface area contributed by atoms with Crippen LogP contribution < -0.4 is 5.46 Å². The van der Waals surface area contributed by atoms with Crippen LogP contribution in [0.15, 0.2) is 24.3 Å². The molecule has 0 saturated carbocycles. The van der Waals surface area contributed by atoms with E-state index < -0.39 is 7.12 Å². The Bertz CT molecular complexity index is 449. The second-order valence-electron chi connectivity index (χ2n) is 5.43. The highest BCUT2D eigenvalue weighted by Gasteiger charge is 2.35. The number of carbonyl (C=O) groups is 1. The van der Waals surface area contributed by atoms with Crippen molar-refractivity contribution in [3.05, 3.63) is 29.8 Å². The highest BCUT2D eigenvalue weighted by Crippen LogP contribution is 2.21. The lowest BCUT2D eigenvalue weighted by Gasteiger charge is -2.33. The molecule has 0 amide bonds. The summed E-state index contributed by atoms with van der Waals surface area (Å²) in [6.45, 7) is 11.5. The molecule has 1 heterocycles. The fourth-order valence-electron chi connectivity index (χ4n) is 1.97. The van der Waals surface area contributed by atoms with Crippen LogP contribution in [0, 0.1) is 5.41 Å². The van der Waals surface area contributed by atoms with Gasteiger partial charge in [-0.25, -0.2) is 4.79 Å². The standard InChI is InChI=1S/C14H19BO4.C2H6/c1-4-17-13(16)11-7-5-6-8-12(11)15-18-9-14(2,3)10-19-15;1-2/h5-8H,4,9-10H2,1-3H3;1-2H3. The van der Waals surface area contributed by atoms with E-state index in [0.717, 1.165) is 5.46 Å². The lowest BCUT2D eigenvalue weighted by atomic mass is 9.73. The van der Waals surface area contributed by atoms with Crippen LogP contribution in [0.1, 0.15) is 45.0 Å². The lowest BCUT2D eigenvalue weighted by molar-refractivity contribution is 0.0338. The molecule has 21 heavy (non-hydrogen) atoms. The van der Waals surface area contributed by atoms with E-state index in [1.54, 1.807) is 13.0 Å². The number of benzene rings is 1. The van der Waals surface area contributed by atoms with Crippen molar-refractivity contribution in [2.75, 3.05) is 19.8 Å². The first-order valence-corrected chi connectivity index (χ1v) is 7.53. The van der Waals surface area contributed by atoms with Crippen LogP contribution in [0.25, 0.3) is 0 Å². The Kier molecular flexibility index (Phi) is 6.92. The van der Waals surface area contributed by atoms with Crippen LogP contribution in [0.5, 0.6) is 0 Å². The van der Waals surface area contributed by atoms with Crippen LogP contribution in [0.3, 0.4) is 0 Å². The zero-order chi connectivity index (χ0) is 15.9. The average Bonchev–Trinajstić information content (AvgIpc) is 2.50. The van der Waals surface area contributed by atoms with Gasteiger partial charge in [-0.1, -0.05) is 45.9 Å². The zero-order valence-corrected chi connectivity index (χ0v) is 13.6. The molecule has 116 valence electrons. The molecule has 1 saturated heterocycles. The zero-order valence-electron chi connectivity index (χ0n) is 13.6. The number of hydrogen-bond donors (Lipinski definition) is 0. The van der Waals surface area contributed by atoms with E-state index in [2.05, 4.69) is 13.8 Å². The Balaban J connectivity index is 0.00000106. The van der Waals surface area contributed by atoms with Crippen LogP contribution in [0.4, 0.5) is 0 Å². The van der Waals surface area contributed by atoms with Crippen LogP contribution in [-0.2, 0) is 14.0 Å². The van der Waals surface area contributed by atoms with Gasteiger partial charge in [-0.05, 0) is 18.5 Å². The van der Waals surface area contributed by atoms with E-state index in [1.807, 2.05) is 32.0 Å². The molecule has 1 aliphatic rings. The molecule has 1 aromatic rings. The van der Waals surface area contributed by atoms with Crippen molar-refractivity contribution in [2.45, 2.75) is 34.6 Å². The summed E-state index contributed by atoms with van der Waals surface area (Å²) in [6.07, 6.45) is 0. The van der Waals surface area contributed by atoms with Gasteiger partial charge >= 0.3 is 13.1 Å². The molecule has 1 aliphatic heterocycles. The summed E-state index contributed by atoms with van der Waals surface area (Å²) in [7, 11) is -0.492. The third kappa shape index (κ3) is 4.86. The number of esters is 1. The van der Waals surface area contributed by atoms with Gasteiger partial charge in [0.25, 0.3) is 0 Å². The number of hydrogen-bond acceptors (Lipinski definition) is 4. The molecular formula is C16H25BO4. The Morgan fingerprint density at radius 2 is 1.81 bits per heavy atom. The summed E-state index contributed by atoms with van der Waals surface area (Å²) in [5, 5.41) is 0. The fraction of sp³-hybridized carbons (Fsp3) is 0.562. The van der Waals surface area contributed by atoms with Crippen molar-refractivity contribution < 1.29 is 18.8 Å². The summed E-state index contributed by atoms with van der Waals surface area (Å²) in [6, 6.07) is 7.25. The number of rotatable bonds is 3. The van der Waals surface area contributed by atoms with Gasteiger partial charge in [-0.3, -0.25) is 0 Å². The van der Waals surface area contributed by atoms with Crippen molar-refractivity contribution in [1.82, 2.24) is 0 Å². The molecule has 2 rings (SSSR count). The predicted octanol–water partition coefficient (Wildman–Crippen LogP) is 2.66.